The van der Waals surface area contributed by atoms with Crippen LogP contribution in [-0.2, 0) is 11.3 Å². The number of aryl methyl sites for hydroxylation is 1. The summed E-state index contributed by atoms with van der Waals surface area (Å²) in [6.07, 6.45) is 2.84. The minimum Gasteiger partial charge on any atom is -0.289 e. The number of fused-ring (bicyclic) bond motifs is 1. The highest BCUT2D eigenvalue weighted by Crippen LogP contribution is 2.30. The SMILES string of the molecule is Cc1ccc(-c2csc3ncn(CC(=O)NN=Cc4ccccc4Cl)c(=O)c23)cc1. The van der Waals surface area contributed by atoms with Gasteiger partial charge in [0.15, 0.2) is 0 Å². The Hall–Kier alpha value is -3.29. The number of hydrogen-bond donors (Lipinski definition) is 1. The molecule has 4 rings (SSSR count). The third-order valence-corrected chi connectivity index (χ3v) is 5.77. The third kappa shape index (κ3) is 4.17. The van der Waals surface area contributed by atoms with Crippen molar-refractivity contribution in [1.82, 2.24) is 15.0 Å². The van der Waals surface area contributed by atoms with Crippen LogP contribution in [0.25, 0.3) is 21.3 Å². The molecule has 0 radical (unpaired) electrons. The molecule has 0 atom stereocenters. The number of carbonyl (C=O) groups is 1. The number of halogens is 1. The van der Waals surface area contributed by atoms with Gasteiger partial charge in [0.05, 0.1) is 17.9 Å². The Bertz CT molecular complexity index is 1310. The van der Waals surface area contributed by atoms with Gasteiger partial charge in [0.25, 0.3) is 11.5 Å². The minimum absolute atomic E-state index is 0.190. The predicted molar refractivity (Wildman–Crippen MR) is 121 cm³/mol. The van der Waals surface area contributed by atoms with Crippen LogP contribution in [0.2, 0.25) is 5.02 Å². The molecule has 0 saturated carbocycles. The number of benzene rings is 2. The highest BCUT2D eigenvalue weighted by Gasteiger charge is 2.14. The summed E-state index contributed by atoms with van der Waals surface area (Å²) in [6, 6.07) is 15.1. The first-order valence-electron chi connectivity index (χ1n) is 9.13. The number of amides is 1. The number of thiophene rings is 1. The molecule has 0 fully saturated rings. The summed E-state index contributed by atoms with van der Waals surface area (Å²) in [5.41, 5.74) is 5.74. The number of hydrogen-bond acceptors (Lipinski definition) is 5. The lowest BCUT2D eigenvalue weighted by Crippen LogP contribution is -2.30. The maximum atomic E-state index is 13.0. The molecule has 0 spiro atoms. The topological polar surface area (TPSA) is 76.3 Å². The van der Waals surface area contributed by atoms with E-state index >= 15 is 0 Å². The first-order valence-corrected chi connectivity index (χ1v) is 10.4. The fourth-order valence-corrected chi connectivity index (χ4v) is 4.06. The van der Waals surface area contributed by atoms with Gasteiger partial charge in [-0.25, -0.2) is 10.4 Å². The summed E-state index contributed by atoms with van der Waals surface area (Å²) in [7, 11) is 0. The summed E-state index contributed by atoms with van der Waals surface area (Å²) >= 11 is 7.46. The monoisotopic (exact) mass is 436 g/mol. The van der Waals surface area contributed by atoms with E-state index in [2.05, 4.69) is 15.5 Å². The number of nitrogens with one attached hydrogen (secondary N) is 1. The fourth-order valence-electron chi connectivity index (χ4n) is 2.97. The summed E-state index contributed by atoms with van der Waals surface area (Å²) in [5.74, 6) is -0.436. The van der Waals surface area contributed by atoms with Gasteiger partial charge < -0.3 is 0 Å². The molecule has 1 amide bonds. The minimum atomic E-state index is -0.436. The molecule has 150 valence electrons. The normalized spacial score (nSPS) is 11.3. The van der Waals surface area contributed by atoms with Crippen molar-refractivity contribution in [2.45, 2.75) is 13.5 Å². The molecule has 0 saturated heterocycles. The van der Waals surface area contributed by atoms with E-state index in [1.165, 1.54) is 28.4 Å². The van der Waals surface area contributed by atoms with E-state index in [9.17, 15) is 9.59 Å². The maximum absolute atomic E-state index is 13.0. The van der Waals surface area contributed by atoms with E-state index in [1.54, 1.807) is 12.1 Å². The van der Waals surface area contributed by atoms with E-state index in [1.807, 2.05) is 48.7 Å². The smallest absolute Gasteiger partial charge is 0.263 e. The van der Waals surface area contributed by atoms with Crippen LogP contribution < -0.4 is 11.0 Å². The zero-order valence-corrected chi connectivity index (χ0v) is 17.6. The highest BCUT2D eigenvalue weighted by atomic mass is 35.5. The van der Waals surface area contributed by atoms with Gasteiger partial charge in [0, 0.05) is 21.5 Å². The Morgan fingerprint density at radius 3 is 2.77 bits per heavy atom. The average molecular weight is 437 g/mol. The molecule has 1 N–H and O–H groups in total. The van der Waals surface area contributed by atoms with Crippen LogP contribution >= 0.6 is 22.9 Å². The zero-order valence-electron chi connectivity index (χ0n) is 16.0. The Labute approximate surface area is 181 Å². The molecule has 6 nitrogen and oxygen atoms in total. The van der Waals surface area contributed by atoms with Gasteiger partial charge in [-0.1, -0.05) is 59.6 Å². The van der Waals surface area contributed by atoms with Crippen molar-refractivity contribution in [3.8, 4) is 11.1 Å². The number of rotatable bonds is 5. The Balaban J connectivity index is 1.56. The molecular weight excluding hydrogens is 420 g/mol. The predicted octanol–water partition coefficient (Wildman–Crippen LogP) is 4.24. The molecule has 2 aromatic heterocycles. The third-order valence-electron chi connectivity index (χ3n) is 4.54. The van der Waals surface area contributed by atoms with Crippen LogP contribution in [0.15, 0.2) is 70.1 Å². The van der Waals surface area contributed by atoms with Crippen molar-refractivity contribution in [2.24, 2.45) is 5.10 Å². The lowest BCUT2D eigenvalue weighted by atomic mass is 10.1. The number of nitrogens with zero attached hydrogens (tertiary/aromatic N) is 3. The Kier molecular flexibility index (Phi) is 5.74. The van der Waals surface area contributed by atoms with Crippen molar-refractivity contribution in [3.05, 3.63) is 86.7 Å². The van der Waals surface area contributed by atoms with Crippen molar-refractivity contribution < 1.29 is 4.79 Å². The second-order valence-electron chi connectivity index (χ2n) is 6.69. The number of carbonyl (C=O) groups excluding carboxylic acids is 1. The molecular formula is C22H17ClN4O2S. The van der Waals surface area contributed by atoms with Crippen LogP contribution in [0, 0.1) is 6.92 Å². The summed E-state index contributed by atoms with van der Waals surface area (Å²) in [5, 5.41) is 6.87. The standard InChI is InChI=1S/C22H17ClN4O2S/c1-14-6-8-15(9-7-14)17-12-30-21-20(17)22(29)27(13-24-21)11-19(28)26-25-10-16-4-2-3-5-18(16)23/h2-10,12-13H,11H2,1H3,(H,26,28). The molecule has 0 aliphatic heterocycles. The summed E-state index contributed by atoms with van der Waals surface area (Å²) in [6.45, 7) is 1.82. The molecule has 0 aliphatic rings. The summed E-state index contributed by atoms with van der Waals surface area (Å²) in [4.78, 5) is 30.3. The van der Waals surface area contributed by atoms with Crippen LogP contribution in [0.1, 0.15) is 11.1 Å². The fraction of sp³-hybridized carbons (Fsp3) is 0.0909. The molecule has 0 bridgehead atoms. The van der Waals surface area contributed by atoms with Gasteiger partial charge in [0.2, 0.25) is 0 Å². The van der Waals surface area contributed by atoms with Crippen LogP contribution in [0.3, 0.4) is 0 Å². The van der Waals surface area contributed by atoms with Gasteiger partial charge in [-0.15, -0.1) is 11.3 Å². The number of hydrazone groups is 1. The van der Waals surface area contributed by atoms with Crippen molar-refractivity contribution in [1.29, 1.82) is 0 Å². The second-order valence-corrected chi connectivity index (χ2v) is 7.95. The van der Waals surface area contributed by atoms with E-state index in [0.29, 0.717) is 20.8 Å². The molecule has 4 aromatic rings. The van der Waals surface area contributed by atoms with Gasteiger partial charge in [-0.05, 0) is 18.6 Å². The van der Waals surface area contributed by atoms with Crippen molar-refractivity contribution in [2.75, 3.05) is 0 Å². The Morgan fingerprint density at radius 1 is 1.23 bits per heavy atom. The van der Waals surface area contributed by atoms with Crippen molar-refractivity contribution in [3.63, 3.8) is 0 Å². The maximum Gasteiger partial charge on any atom is 0.263 e. The largest absolute Gasteiger partial charge is 0.289 e. The van der Waals surface area contributed by atoms with Crippen LogP contribution in [-0.4, -0.2) is 21.7 Å². The summed E-state index contributed by atoms with van der Waals surface area (Å²) < 4.78 is 1.28. The van der Waals surface area contributed by atoms with E-state index in [-0.39, 0.29) is 12.1 Å². The zero-order chi connectivity index (χ0) is 21.1. The molecule has 2 heterocycles. The number of aromatic nitrogens is 2. The molecule has 8 heteroatoms. The van der Waals surface area contributed by atoms with Gasteiger partial charge in [-0.2, -0.15) is 5.10 Å². The van der Waals surface area contributed by atoms with E-state index in [0.717, 1.165) is 16.7 Å². The molecule has 30 heavy (non-hydrogen) atoms. The molecule has 0 aliphatic carbocycles. The van der Waals surface area contributed by atoms with E-state index < -0.39 is 5.91 Å². The van der Waals surface area contributed by atoms with Gasteiger partial charge in [-0.3, -0.25) is 14.2 Å². The molecule has 0 unspecified atom stereocenters. The highest BCUT2D eigenvalue weighted by molar-refractivity contribution is 7.17. The van der Waals surface area contributed by atoms with Crippen molar-refractivity contribution >= 4 is 45.3 Å². The van der Waals surface area contributed by atoms with Crippen LogP contribution in [0.5, 0.6) is 0 Å². The first kappa shape index (κ1) is 20.0. The second kappa shape index (κ2) is 8.61. The lowest BCUT2D eigenvalue weighted by molar-refractivity contribution is -0.121. The van der Waals surface area contributed by atoms with Gasteiger partial charge >= 0.3 is 0 Å². The lowest BCUT2D eigenvalue weighted by Gasteiger charge is -2.06. The van der Waals surface area contributed by atoms with Gasteiger partial charge in [0.1, 0.15) is 11.4 Å². The quantitative estimate of drug-likeness (QED) is 0.375. The molecule has 2 aromatic carbocycles. The average Bonchev–Trinajstić information content (AvgIpc) is 3.17. The first-order chi connectivity index (χ1) is 14.5. The van der Waals surface area contributed by atoms with Crippen LogP contribution in [0.4, 0.5) is 0 Å². The Morgan fingerprint density at radius 2 is 2.00 bits per heavy atom. The van der Waals surface area contributed by atoms with E-state index in [4.69, 9.17) is 11.6 Å².